The molecule has 2 rings (SSSR count). The third kappa shape index (κ3) is 5.62. The number of carbonyl (C=O) groups excluding carboxylic acids is 2. The van der Waals surface area contributed by atoms with Gasteiger partial charge >= 0.3 is 0 Å². The van der Waals surface area contributed by atoms with Crippen LogP contribution in [-0.2, 0) is 20.9 Å². The second-order valence-corrected chi connectivity index (χ2v) is 5.96. The van der Waals surface area contributed by atoms with Crippen LogP contribution in [0.2, 0.25) is 0 Å². The van der Waals surface area contributed by atoms with Gasteiger partial charge in [0.25, 0.3) is 5.91 Å². The quantitative estimate of drug-likeness (QED) is 0.804. The summed E-state index contributed by atoms with van der Waals surface area (Å²) >= 11 is 0. The average Bonchev–Trinajstić information content (AvgIpc) is 2.61. The molecule has 1 fully saturated rings. The Morgan fingerprint density at radius 2 is 1.83 bits per heavy atom. The molecule has 1 aromatic carbocycles. The molecule has 1 aromatic rings. The number of piperazine rings is 1. The molecule has 1 heterocycles. The van der Waals surface area contributed by atoms with Crippen molar-refractivity contribution in [1.82, 2.24) is 15.1 Å². The first kappa shape index (κ1) is 18.4. The molecular weight excluding hydrogens is 306 g/mol. The molecule has 0 aromatic heterocycles. The summed E-state index contributed by atoms with van der Waals surface area (Å²) in [6, 6.07) is 9.86. The van der Waals surface area contributed by atoms with Crippen LogP contribution in [0.3, 0.4) is 0 Å². The molecule has 1 aliphatic heterocycles. The lowest BCUT2D eigenvalue weighted by molar-refractivity contribution is -0.144. The standard InChI is InChI=1S/C18H27N3O3/c1-3-24-15(2)18(23)21-11-9-20(10-12-21)14-17(22)19-13-16-7-5-4-6-8-16/h4-8,15H,3,9-14H2,1-2H3,(H,19,22)/t15-/m0/s1. The smallest absolute Gasteiger partial charge is 0.251 e. The fraction of sp³-hybridized carbons (Fsp3) is 0.556. The van der Waals surface area contributed by atoms with Gasteiger partial charge < -0.3 is 15.0 Å². The minimum Gasteiger partial charge on any atom is -0.369 e. The average molecular weight is 333 g/mol. The van der Waals surface area contributed by atoms with E-state index in [9.17, 15) is 9.59 Å². The Kier molecular flexibility index (Phi) is 7.21. The lowest BCUT2D eigenvalue weighted by atomic mass is 10.2. The maximum Gasteiger partial charge on any atom is 0.251 e. The normalized spacial score (nSPS) is 16.7. The number of amides is 2. The van der Waals surface area contributed by atoms with Gasteiger partial charge in [-0.3, -0.25) is 14.5 Å². The Labute approximate surface area is 143 Å². The van der Waals surface area contributed by atoms with Crippen molar-refractivity contribution in [3.05, 3.63) is 35.9 Å². The van der Waals surface area contributed by atoms with Crippen molar-refractivity contribution in [3.63, 3.8) is 0 Å². The SMILES string of the molecule is CCO[C@@H](C)C(=O)N1CCN(CC(=O)NCc2ccccc2)CC1. The molecule has 1 atom stereocenters. The van der Waals surface area contributed by atoms with E-state index in [-0.39, 0.29) is 11.8 Å². The van der Waals surface area contributed by atoms with E-state index >= 15 is 0 Å². The maximum atomic E-state index is 12.2. The zero-order valence-corrected chi connectivity index (χ0v) is 14.5. The number of hydrogen-bond donors (Lipinski definition) is 1. The molecule has 0 bridgehead atoms. The van der Waals surface area contributed by atoms with Crippen LogP contribution in [0.25, 0.3) is 0 Å². The number of ether oxygens (including phenoxy) is 1. The molecule has 2 amide bonds. The third-order valence-electron chi connectivity index (χ3n) is 4.15. The Morgan fingerprint density at radius 3 is 2.46 bits per heavy atom. The highest BCUT2D eigenvalue weighted by molar-refractivity contribution is 5.81. The first-order valence-electron chi connectivity index (χ1n) is 8.53. The van der Waals surface area contributed by atoms with Crippen LogP contribution >= 0.6 is 0 Å². The van der Waals surface area contributed by atoms with Crippen LogP contribution in [0.5, 0.6) is 0 Å². The molecule has 132 valence electrons. The third-order valence-corrected chi connectivity index (χ3v) is 4.15. The van der Waals surface area contributed by atoms with Gasteiger partial charge in [-0.05, 0) is 19.4 Å². The highest BCUT2D eigenvalue weighted by atomic mass is 16.5. The van der Waals surface area contributed by atoms with E-state index in [1.54, 1.807) is 6.92 Å². The summed E-state index contributed by atoms with van der Waals surface area (Å²) in [6.07, 6.45) is -0.393. The Balaban J connectivity index is 1.69. The van der Waals surface area contributed by atoms with Crippen LogP contribution in [0.4, 0.5) is 0 Å². The van der Waals surface area contributed by atoms with E-state index in [0.717, 1.165) is 5.56 Å². The summed E-state index contributed by atoms with van der Waals surface area (Å²) in [5, 5.41) is 2.93. The van der Waals surface area contributed by atoms with Crippen molar-refractivity contribution < 1.29 is 14.3 Å². The first-order valence-corrected chi connectivity index (χ1v) is 8.53. The Morgan fingerprint density at radius 1 is 1.17 bits per heavy atom. The second-order valence-electron chi connectivity index (χ2n) is 5.96. The van der Waals surface area contributed by atoms with Gasteiger partial charge in [-0.15, -0.1) is 0 Å². The van der Waals surface area contributed by atoms with Gasteiger partial charge in [0.15, 0.2) is 0 Å². The van der Waals surface area contributed by atoms with Crippen LogP contribution in [-0.4, -0.2) is 67.0 Å². The van der Waals surface area contributed by atoms with Gasteiger partial charge in [0.05, 0.1) is 6.54 Å². The predicted molar refractivity (Wildman–Crippen MR) is 92.4 cm³/mol. The lowest BCUT2D eigenvalue weighted by Gasteiger charge is -2.35. The van der Waals surface area contributed by atoms with Gasteiger partial charge in [-0.2, -0.15) is 0 Å². The van der Waals surface area contributed by atoms with Gasteiger partial charge in [-0.25, -0.2) is 0 Å². The van der Waals surface area contributed by atoms with Gasteiger partial charge in [0.1, 0.15) is 6.10 Å². The monoisotopic (exact) mass is 333 g/mol. The molecule has 0 radical (unpaired) electrons. The first-order chi connectivity index (χ1) is 11.6. The van der Waals surface area contributed by atoms with Gasteiger partial charge in [0.2, 0.25) is 5.91 Å². The predicted octanol–water partition coefficient (Wildman–Crippen LogP) is 0.872. The van der Waals surface area contributed by atoms with E-state index in [2.05, 4.69) is 10.2 Å². The molecule has 0 saturated carbocycles. The minimum absolute atomic E-state index is 0.0151. The number of nitrogens with zero attached hydrogens (tertiary/aromatic N) is 2. The van der Waals surface area contributed by atoms with E-state index in [1.807, 2.05) is 42.2 Å². The molecule has 1 saturated heterocycles. The highest BCUT2D eigenvalue weighted by Crippen LogP contribution is 2.06. The molecule has 1 N–H and O–H groups in total. The topological polar surface area (TPSA) is 61.9 Å². The summed E-state index contributed by atoms with van der Waals surface area (Å²) in [4.78, 5) is 28.1. The van der Waals surface area contributed by atoms with Crippen LogP contribution < -0.4 is 5.32 Å². The van der Waals surface area contributed by atoms with E-state index in [1.165, 1.54) is 0 Å². The van der Waals surface area contributed by atoms with Crippen molar-refractivity contribution in [1.29, 1.82) is 0 Å². The maximum absolute atomic E-state index is 12.2. The number of benzene rings is 1. The number of rotatable bonds is 7. The number of carbonyl (C=O) groups is 2. The Hall–Kier alpha value is -1.92. The molecule has 0 unspecified atom stereocenters. The van der Waals surface area contributed by atoms with E-state index in [0.29, 0.717) is 45.9 Å². The zero-order valence-electron chi connectivity index (χ0n) is 14.5. The molecular formula is C18H27N3O3. The van der Waals surface area contributed by atoms with E-state index in [4.69, 9.17) is 4.74 Å². The summed E-state index contributed by atoms with van der Waals surface area (Å²) in [6.45, 7) is 7.83. The molecule has 1 aliphatic rings. The second kappa shape index (κ2) is 9.39. The fourth-order valence-corrected chi connectivity index (χ4v) is 2.76. The summed E-state index contributed by atoms with van der Waals surface area (Å²) in [5.74, 6) is 0.0475. The summed E-state index contributed by atoms with van der Waals surface area (Å²) < 4.78 is 5.35. The number of nitrogens with one attached hydrogen (secondary N) is 1. The molecule has 0 spiro atoms. The summed E-state index contributed by atoms with van der Waals surface area (Å²) in [7, 11) is 0. The Bertz CT molecular complexity index is 528. The molecule has 0 aliphatic carbocycles. The van der Waals surface area contributed by atoms with Crippen molar-refractivity contribution in [2.75, 3.05) is 39.3 Å². The van der Waals surface area contributed by atoms with Crippen molar-refractivity contribution in [2.45, 2.75) is 26.5 Å². The highest BCUT2D eigenvalue weighted by Gasteiger charge is 2.25. The largest absolute Gasteiger partial charge is 0.369 e. The lowest BCUT2D eigenvalue weighted by Crippen LogP contribution is -2.53. The molecule has 24 heavy (non-hydrogen) atoms. The summed E-state index contributed by atoms with van der Waals surface area (Å²) in [5.41, 5.74) is 1.09. The number of hydrogen-bond acceptors (Lipinski definition) is 4. The van der Waals surface area contributed by atoms with E-state index < -0.39 is 6.10 Å². The molecule has 6 heteroatoms. The van der Waals surface area contributed by atoms with Crippen LogP contribution in [0.1, 0.15) is 19.4 Å². The molecule has 6 nitrogen and oxygen atoms in total. The van der Waals surface area contributed by atoms with Crippen LogP contribution in [0.15, 0.2) is 30.3 Å². The zero-order chi connectivity index (χ0) is 17.4. The fourth-order valence-electron chi connectivity index (χ4n) is 2.76. The van der Waals surface area contributed by atoms with Crippen molar-refractivity contribution in [3.8, 4) is 0 Å². The van der Waals surface area contributed by atoms with Gasteiger partial charge in [0, 0.05) is 39.3 Å². The minimum atomic E-state index is -0.393. The van der Waals surface area contributed by atoms with Crippen LogP contribution in [0, 0.1) is 0 Å². The van der Waals surface area contributed by atoms with Gasteiger partial charge in [-0.1, -0.05) is 30.3 Å². The van der Waals surface area contributed by atoms with Crippen molar-refractivity contribution >= 4 is 11.8 Å². The van der Waals surface area contributed by atoms with Crippen molar-refractivity contribution in [2.24, 2.45) is 0 Å².